The normalized spacial score (nSPS) is 15.6. The molecule has 10 heteroatoms. The fourth-order valence-electron chi connectivity index (χ4n) is 4.41. The number of thioether (sulfide) groups is 1. The Bertz CT molecular complexity index is 1430. The van der Waals surface area contributed by atoms with Crippen molar-refractivity contribution in [2.75, 3.05) is 0 Å². The first-order chi connectivity index (χ1) is 18.3. The largest absolute Gasteiger partial charge is 0.336 e. The van der Waals surface area contributed by atoms with Gasteiger partial charge in [-0.15, -0.1) is 5.10 Å². The van der Waals surface area contributed by atoms with Crippen molar-refractivity contribution in [3.8, 4) is 16.8 Å². The van der Waals surface area contributed by atoms with E-state index in [9.17, 15) is 9.59 Å². The predicted molar refractivity (Wildman–Crippen MR) is 146 cm³/mol. The van der Waals surface area contributed by atoms with Gasteiger partial charge in [-0.25, -0.2) is 0 Å². The van der Waals surface area contributed by atoms with Gasteiger partial charge in [-0.2, -0.15) is 4.68 Å². The second-order valence-corrected chi connectivity index (χ2v) is 11.1. The molecule has 1 atom stereocenters. The molecular weight excluding hydrogens is 498 g/mol. The summed E-state index contributed by atoms with van der Waals surface area (Å²) in [5.74, 6) is -0.379. The third kappa shape index (κ3) is 5.92. The molecule has 0 fully saturated rings. The molecule has 1 aromatic heterocycles. The van der Waals surface area contributed by atoms with Crippen molar-refractivity contribution in [1.29, 1.82) is 0 Å². The van der Waals surface area contributed by atoms with Gasteiger partial charge in [0.05, 0.1) is 5.69 Å². The van der Waals surface area contributed by atoms with Crippen LogP contribution < -0.4 is 11.1 Å². The monoisotopic (exact) mass is 527 g/mol. The number of amides is 2. The summed E-state index contributed by atoms with van der Waals surface area (Å²) in [4.78, 5) is 29.1. The van der Waals surface area contributed by atoms with E-state index in [1.165, 1.54) is 11.8 Å². The van der Waals surface area contributed by atoms with Crippen molar-refractivity contribution in [2.24, 2.45) is 5.73 Å². The van der Waals surface area contributed by atoms with Gasteiger partial charge in [0.25, 0.3) is 5.91 Å². The molecular formula is C28H29N7O2S. The predicted octanol–water partition coefficient (Wildman–Crippen LogP) is 3.53. The fourth-order valence-corrected chi connectivity index (χ4v) is 5.55. The zero-order valence-corrected chi connectivity index (χ0v) is 22.1. The highest BCUT2D eigenvalue weighted by molar-refractivity contribution is 8.00. The van der Waals surface area contributed by atoms with E-state index in [0.717, 1.165) is 32.8 Å². The summed E-state index contributed by atoms with van der Waals surface area (Å²) < 4.78 is 1.63. The number of aromatic nitrogens is 4. The van der Waals surface area contributed by atoms with E-state index in [1.54, 1.807) is 29.8 Å². The molecule has 1 aliphatic rings. The minimum Gasteiger partial charge on any atom is -0.336 e. The SMILES string of the molecule is CC(C)(N)CC(=O)N[C@@H]1Sc2ccccc2CN(Cc2ccc(-c3ccccc3-n3cnnn3)cc2)C1=O. The second kappa shape index (κ2) is 10.8. The Morgan fingerprint density at radius 3 is 2.55 bits per heavy atom. The number of tetrazole rings is 1. The molecule has 1 aliphatic heterocycles. The summed E-state index contributed by atoms with van der Waals surface area (Å²) in [5.41, 5.74) is 10.3. The van der Waals surface area contributed by atoms with Gasteiger partial charge in [-0.05, 0) is 53.1 Å². The van der Waals surface area contributed by atoms with Gasteiger partial charge >= 0.3 is 0 Å². The van der Waals surface area contributed by atoms with Crippen LogP contribution in [0.1, 0.15) is 31.4 Å². The molecule has 0 bridgehead atoms. The standard InChI is InChI=1S/C28H29N7O2S/c1-28(2,29)15-25(36)31-26-27(37)34(17-21-7-3-6-10-24(21)38-26)16-19-11-13-20(14-12-19)22-8-4-5-9-23(22)35-18-30-32-33-35/h3-14,18,26H,15-17,29H2,1-2H3,(H,31,36)/t26-/m1/s1. The minimum absolute atomic E-state index is 0.132. The summed E-state index contributed by atoms with van der Waals surface area (Å²) in [6.07, 6.45) is 1.70. The molecule has 5 rings (SSSR count). The molecule has 38 heavy (non-hydrogen) atoms. The lowest BCUT2D eigenvalue weighted by Crippen LogP contribution is -2.47. The molecule has 0 radical (unpaired) electrons. The van der Waals surface area contributed by atoms with Gasteiger partial charge in [-0.1, -0.05) is 72.4 Å². The molecule has 2 heterocycles. The van der Waals surface area contributed by atoms with Crippen molar-refractivity contribution < 1.29 is 9.59 Å². The van der Waals surface area contributed by atoms with E-state index in [1.807, 2.05) is 72.8 Å². The molecule has 0 spiro atoms. The van der Waals surface area contributed by atoms with Gasteiger partial charge in [-0.3, -0.25) is 9.59 Å². The van der Waals surface area contributed by atoms with Crippen LogP contribution in [0.2, 0.25) is 0 Å². The summed E-state index contributed by atoms with van der Waals surface area (Å²) in [6, 6.07) is 23.9. The average Bonchev–Trinajstić information content (AvgIpc) is 3.39. The Hall–Kier alpha value is -4.02. The maximum absolute atomic E-state index is 13.6. The van der Waals surface area contributed by atoms with Crippen LogP contribution in [0.4, 0.5) is 0 Å². The van der Waals surface area contributed by atoms with Crippen LogP contribution in [0.5, 0.6) is 0 Å². The van der Waals surface area contributed by atoms with E-state index in [4.69, 9.17) is 5.73 Å². The van der Waals surface area contributed by atoms with Crippen LogP contribution in [0.15, 0.2) is 84.0 Å². The van der Waals surface area contributed by atoms with E-state index < -0.39 is 10.9 Å². The Labute approximate surface area is 225 Å². The highest BCUT2D eigenvalue weighted by Gasteiger charge is 2.32. The molecule has 0 saturated carbocycles. The van der Waals surface area contributed by atoms with Gasteiger partial charge in [0.2, 0.25) is 5.91 Å². The van der Waals surface area contributed by atoms with Crippen molar-refractivity contribution in [1.82, 2.24) is 30.4 Å². The smallest absolute Gasteiger partial charge is 0.256 e. The first-order valence-corrected chi connectivity index (χ1v) is 13.2. The van der Waals surface area contributed by atoms with Crippen LogP contribution >= 0.6 is 11.8 Å². The number of para-hydroxylation sites is 1. The zero-order valence-electron chi connectivity index (χ0n) is 21.2. The average molecular weight is 528 g/mol. The van der Waals surface area contributed by atoms with E-state index in [-0.39, 0.29) is 18.2 Å². The lowest BCUT2D eigenvalue weighted by atomic mass is 10.0. The maximum Gasteiger partial charge on any atom is 0.256 e. The third-order valence-electron chi connectivity index (χ3n) is 6.16. The second-order valence-electron chi connectivity index (χ2n) is 10.0. The summed E-state index contributed by atoms with van der Waals surface area (Å²) in [7, 11) is 0. The number of hydrogen-bond acceptors (Lipinski definition) is 7. The quantitative estimate of drug-likeness (QED) is 0.377. The number of carbonyl (C=O) groups excluding carboxylic acids is 2. The van der Waals surface area contributed by atoms with Crippen molar-refractivity contribution in [3.05, 3.63) is 90.3 Å². The van der Waals surface area contributed by atoms with Crippen LogP contribution in [-0.4, -0.2) is 47.8 Å². The first kappa shape index (κ1) is 25.6. The Morgan fingerprint density at radius 2 is 1.82 bits per heavy atom. The molecule has 3 N–H and O–H groups in total. The van der Waals surface area contributed by atoms with Crippen LogP contribution in [0, 0.1) is 0 Å². The molecule has 0 saturated heterocycles. The van der Waals surface area contributed by atoms with Gasteiger partial charge in [0.15, 0.2) is 5.37 Å². The number of carbonyl (C=O) groups is 2. The highest BCUT2D eigenvalue weighted by Crippen LogP contribution is 2.33. The first-order valence-electron chi connectivity index (χ1n) is 12.3. The van der Waals surface area contributed by atoms with Crippen LogP contribution in [-0.2, 0) is 22.7 Å². The molecule has 194 valence electrons. The topological polar surface area (TPSA) is 119 Å². The number of nitrogens with one attached hydrogen (secondary N) is 1. The van der Waals surface area contributed by atoms with Gasteiger partial charge < -0.3 is 16.0 Å². The number of benzene rings is 3. The molecule has 3 aromatic carbocycles. The minimum atomic E-state index is -0.726. The number of fused-ring (bicyclic) bond motifs is 1. The molecule has 2 amide bonds. The molecule has 0 aliphatic carbocycles. The summed E-state index contributed by atoms with van der Waals surface area (Å²) >= 11 is 1.37. The summed E-state index contributed by atoms with van der Waals surface area (Å²) in [5, 5.41) is 13.7. The molecule has 9 nitrogen and oxygen atoms in total. The molecule has 4 aromatic rings. The number of nitrogens with two attached hydrogens (primary N) is 1. The zero-order chi connectivity index (χ0) is 26.7. The maximum atomic E-state index is 13.6. The van der Waals surface area contributed by atoms with Gasteiger partial charge in [0.1, 0.15) is 6.33 Å². The lowest BCUT2D eigenvalue weighted by Gasteiger charge is -2.26. The Morgan fingerprint density at radius 1 is 1.08 bits per heavy atom. The summed E-state index contributed by atoms with van der Waals surface area (Å²) in [6.45, 7) is 4.46. The number of nitrogens with zero attached hydrogens (tertiary/aromatic N) is 5. The number of rotatable bonds is 7. The van der Waals surface area contributed by atoms with Crippen molar-refractivity contribution in [3.63, 3.8) is 0 Å². The van der Waals surface area contributed by atoms with E-state index in [0.29, 0.717) is 13.1 Å². The molecule has 0 unspecified atom stereocenters. The van der Waals surface area contributed by atoms with E-state index in [2.05, 4.69) is 20.8 Å². The van der Waals surface area contributed by atoms with Crippen LogP contribution in [0.3, 0.4) is 0 Å². The van der Waals surface area contributed by atoms with Gasteiger partial charge in [0, 0.05) is 35.5 Å². The lowest BCUT2D eigenvalue weighted by molar-refractivity contribution is -0.135. The van der Waals surface area contributed by atoms with E-state index >= 15 is 0 Å². The third-order valence-corrected chi connectivity index (χ3v) is 7.37. The van der Waals surface area contributed by atoms with Crippen LogP contribution in [0.25, 0.3) is 16.8 Å². The van der Waals surface area contributed by atoms with Crippen molar-refractivity contribution >= 4 is 23.6 Å². The fraction of sp³-hybridized carbons (Fsp3) is 0.250. The Kier molecular flexibility index (Phi) is 7.26. The highest BCUT2D eigenvalue weighted by atomic mass is 32.2. The van der Waals surface area contributed by atoms with Crippen molar-refractivity contribution in [2.45, 2.75) is 49.2 Å². The number of hydrogen-bond donors (Lipinski definition) is 2. The Balaban J connectivity index is 1.38.